The smallest absolute Gasteiger partial charge is 0.0438 e. The molecule has 0 bridgehead atoms. The second-order valence-electron chi connectivity index (χ2n) is 2.82. The zero-order valence-corrected chi connectivity index (χ0v) is 8.06. The number of hydrogen-bond acceptors (Lipinski definition) is 1. The molecule has 66 valence electrons. The normalized spacial score (nSPS) is 10.2. The monoisotopic (exact) mass is 183 g/mol. The van der Waals surface area contributed by atoms with Crippen LogP contribution in [0.15, 0.2) is 18.2 Å². The van der Waals surface area contributed by atoms with E-state index >= 15 is 0 Å². The number of halogens is 1. The quantitative estimate of drug-likeness (QED) is 0.766. The van der Waals surface area contributed by atoms with E-state index in [1.54, 1.807) is 0 Å². The van der Waals surface area contributed by atoms with E-state index in [1.807, 2.05) is 6.07 Å². The fourth-order valence-corrected chi connectivity index (χ4v) is 1.41. The summed E-state index contributed by atoms with van der Waals surface area (Å²) < 4.78 is 0. The summed E-state index contributed by atoms with van der Waals surface area (Å²) in [4.78, 5) is 0. The van der Waals surface area contributed by atoms with Gasteiger partial charge in [0.15, 0.2) is 0 Å². The molecule has 0 aliphatic heterocycles. The fraction of sp³-hybridized carbons (Fsp3) is 0.400. The topological polar surface area (TPSA) is 26.0 Å². The Morgan fingerprint density at radius 1 is 1.42 bits per heavy atom. The summed E-state index contributed by atoms with van der Waals surface area (Å²) >= 11 is 5.98. The molecule has 0 heterocycles. The van der Waals surface area contributed by atoms with Gasteiger partial charge in [0.05, 0.1) is 0 Å². The van der Waals surface area contributed by atoms with Gasteiger partial charge in [0, 0.05) is 5.02 Å². The van der Waals surface area contributed by atoms with Crippen LogP contribution < -0.4 is 5.73 Å². The molecule has 0 fully saturated rings. The van der Waals surface area contributed by atoms with Gasteiger partial charge in [-0.3, -0.25) is 0 Å². The Hall–Kier alpha value is -0.530. The molecule has 1 rings (SSSR count). The third-order valence-corrected chi connectivity index (χ3v) is 2.30. The molecule has 1 aromatic rings. The highest BCUT2D eigenvalue weighted by Gasteiger charge is 1.99. The number of hydrogen-bond donors (Lipinski definition) is 1. The van der Waals surface area contributed by atoms with Gasteiger partial charge >= 0.3 is 0 Å². The first kappa shape index (κ1) is 9.56. The Morgan fingerprint density at radius 3 is 2.75 bits per heavy atom. The summed E-state index contributed by atoms with van der Waals surface area (Å²) in [5, 5.41) is 0.831. The molecule has 0 saturated carbocycles. The average molecular weight is 184 g/mol. The Balaban J connectivity index is 2.91. The average Bonchev–Trinajstić information content (AvgIpc) is 2.09. The molecule has 0 aliphatic rings. The predicted molar refractivity (Wildman–Crippen MR) is 53.6 cm³/mol. The molecule has 2 N–H and O–H groups in total. The summed E-state index contributed by atoms with van der Waals surface area (Å²) in [6.07, 6.45) is 1.92. The maximum atomic E-state index is 5.98. The van der Waals surface area contributed by atoms with E-state index in [-0.39, 0.29) is 0 Å². The Labute approximate surface area is 78.5 Å². The van der Waals surface area contributed by atoms with Gasteiger partial charge in [-0.25, -0.2) is 0 Å². The first-order chi connectivity index (χ1) is 5.77. The molecule has 0 aromatic heterocycles. The number of rotatable bonds is 3. The van der Waals surface area contributed by atoms with Crippen molar-refractivity contribution in [2.24, 2.45) is 5.73 Å². The molecule has 0 radical (unpaired) electrons. The molecular formula is C10H14ClN. The lowest BCUT2D eigenvalue weighted by atomic mass is 10.1. The molecule has 1 aromatic carbocycles. The molecule has 2 heteroatoms. The van der Waals surface area contributed by atoms with Crippen molar-refractivity contribution in [1.29, 1.82) is 0 Å². The van der Waals surface area contributed by atoms with Crippen LogP contribution in [0, 0.1) is 0 Å². The molecule has 0 unspecified atom stereocenters. The third-order valence-electron chi connectivity index (χ3n) is 1.93. The van der Waals surface area contributed by atoms with E-state index < -0.39 is 0 Å². The lowest BCUT2D eigenvalue weighted by Gasteiger charge is -2.04. The maximum Gasteiger partial charge on any atom is 0.0438 e. The van der Waals surface area contributed by atoms with E-state index in [2.05, 4.69) is 19.1 Å². The molecule has 0 saturated heterocycles. The van der Waals surface area contributed by atoms with Crippen molar-refractivity contribution in [3.05, 3.63) is 34.3 Å². The van der Waals surface area contributed by atoms with Crippen molar-refractivity contribution in [3.8, 4) is 0 Å². The van der Waals surface area contributed by atoms with Gasteiger partial charge < -0.3 is 5.73 Å². The number of benzene rings is 1. The SMILES string of the molecule is CCc1ccc(Cl)c(CCN)c1. The lowest BCUT2D eigenvalue weighted by molar-refractivity contribution is 0.962. The Morgan fingerprint density at radius 2 is 2.17 bits per heavy atom. The van der Waals surface area contributed by atoms with Crippen LogP contribution in [0.4, 0.5) is 0 Å². The first-order valence-corrected chi connectivity index (χ1v) is 4.63. The summed E-state index contributed by atoms with van der Waals surface area (Å²) in [5.41, 5.74) is 7.95. The van der Waals surface area contributed by atoms with Crippen LogP contribution in [0.3, 0.4) is 0 Å². The van der Waals surface area contributed by atoms with Gasteiger partial charge in [-0.2, -0.15) is 0 Å². The minimum absolute atomic E-state index is 0.660. The zero-order valence-electron chi connectivity index (χ0n) is 7.31. The van der Waals surface area contributed by atoms with E-state index in [0.29, 0.717) is 6.54 Å². The van der Waals surface area contributed by atoms with Crippen LogP contribution in [0.1, 0.15) is 18.1 Å². The van der Waals surface area contributed by atoms with Crippen molar-refractivity contribution >= 4 is 11.6 Å². The van der Waals surface area contributed by atoms with Crippen LogP contribution in [0.25, 0.3) is 0 Å². The second-order valence-corrected chi connectivity index (χ2v) is 3.23. The zero-order chi connectivity index (χ0) is 8.97. The molecule has 12 heavy (non-hydrogen) atoms. The van der Waals surface area contributed by atoms with Gasteiger partial charge in [0.25, 0.3) is 0 Å². The van der Waals surface area contributed by atoms with E-state index in [1.165, 1.54) is 11.1 Å². The van der Waals surface area contributed by atoms with E-state index in [4.69, 9.17) is 17.3 Å². The standard InChI is InChI=1S/C10H14ClN/c1-2-8-3-4-10(11)9(7-8)5-6-12/h3-4,7H,2,5-6,12H2,1H3. The Bertz CT molecular complexity index is 258. The third kappa shape index (κ3) is 2.23. The van der Waals surface area contributed by atoms with Crippen LogP contribution >= 0.6 is 11.6 Å². The van der Waals surface area contributed by atoms with Crippen molar-refractivity contribution < 1.29 is 0 Å². The molecular weight excluding hydrogens is 170 g/mol. The van der Waals surface area contributed by atoms with Crippen molar-refractivity contribution in [2.75, 3.05) is 6.54 Å². The summed E-state index contributed by atoms with van der Waals surface area (Å²) in [5.74, 6) is 0. The van der Waals surface area contributed by atoms with Crippen molar-refractivity contribution in [2.45, 2.75) is 19.8 Å². The Kier molecular flexibility index (Phi) is 3.57. The number of aryl methyl sites for hydroxylation is 1. The minimum atomic E-state index is 0.660. The number of nitrogens with two attached hydrogens (primary N) is 1. The molecule has 1 nitrogen and oxygen atoms in total. The summed E-state index contributed by atoms with van der Waals surface area (Å²) in [6, 6.07) is 6.14. The molecule has 0 spiro atoms. The first-order valence-electron chi connectivity index (χ1n) is 4.25. The fourth-order valence-electron chi connectivity index (χ4n) is 1.20. The van der Waals surface area contributed by atoms with Gasteiger partial charge in [0.1, 0.15) is 0 Å². The van der Waals surface area contributed by atoms with Gasteiger partial charge in [-0.15, -0.1) is 0 Å². The van der Waals surface area contributed by atoms with Crippen molar-refractivity contribution in [1.82, 2.24) is 0 Å². The van der Waals surface area contributed by atoms with Crippen LogP contribution in [-0.4, -0.2) is 6.54 Å². The second kappa shape index (κ2) is 4.48. The minimum Gasteiger partial charge on any atom is -0.330 e. The molecule has 0 atom stereocenters. The summed E-state index contributed by atoms with van der Waals surface area (Å²) in [6.45, 7) is 2.79. The van der Waals surface area contributed by atoms with Gasteiger partial charge in [0.2, 0.25) is 0 Å². The highest BCUT2D eigenvalue weighted by atomic mass is 35.5. The van der Waals surface area contributed by atoms with E-state index in [9.17, 15) is 0 Å². The van der Waals surface area contributed by atoms with Gasteiger partial charge in [-0.05, 0) is 36.6 Å². The largest absolute Gasteiger partial charge is 0.330 e. The van der Waals surface area contributed by atoms with Crippen LogP contribution in [0.5, 0.6) is 0 Å². The maximum absolute atomic E-state index is 5.98. The van der Waals surface area contributed by atoms with E-state index in [0.717, 1.165) is 17.9 Å². The van der Waals surface area contributed by atoms with Crippen LogP contribution in [-0.2, 0) is 12.8 Å². The highest BCUT2D eigenvalue weighted by Crippen LogP contribution is 2.18. The van der Waals surface area contributed by atoms with Crippen molar-refractivity contribution in [3.63, 3.8) is 0 Å². The predicted octanol–water partition coefficient (Wildman–Crippen LogP) is 2.40. The molecule has 0 aliphatic carbocycles. The lowest BCUT2D eigenvalue weighted by Crippen LogP contribution is -2.03. The van der Waals surface area contributed by atoms with Crippen LogP contribution in [0.2, 0.25) is 5.02 Å². The molecule has 0 amide bonds. The van der Waals surface area contributed by atoms with Gasteiger partial charge in [-0.1, -0.05) is 30.7 Å². The highest BCUT2D eigenvalue weighted by molar-refractivity contribution is 6.31. The summed E-state index contributed by atoms with van der Waals surface area (Å²) in [7, 11) is 0.